The number of aliphatic carboxylic acids is 1. The number of rotatable bonds is 7. The molecule has 0 heterocycles. The molecule has 2 unspecified atom stereocenters. The third kappa shape index (κ3) is 5.62. The topological polar surface area (TPSA) is 105 Å². The molecule has 1 aromatic rings. The highest BCUT2D eigenvalue weighted by Crippen LogP contribution is 2.29. The zero-order chi connectivity index (χ0) is 19.1. The highest BCUT2D eigenvalue weighted by molar-refractivity contribution is 6.31. The van der Waals surface area contributed by atoms with Crippen LogP contribution in [0.25, 0.3) is 0 Å². The zero-order valence-corrected chi connectivity index (χ0v) is 15.3. The number of carboxylic acids is 1. The second-order valence-electron chi connectivity index (χ2n) is 6.33. The van der Waals surface area contributed by atoms with Gasteiger partial charge in [-0.2, -0.15) is 0 Å². The lowest BCUT2D eigenvalue weighted by Gasteiger charge is -2.25. The van der Waals surface area contributed by atoms with E-state index < -0.39 is 11.9 Å². The number of nitrogens with one attached hydrogen (secondary N) is 2. The van der Waals surface area contributed by atoms with E-state index in [-0.39, 0.29) is 30.7 Å². The molecule has 3 N–H and O–H groups in total. The summed E-state index contributed by atoms with van der Waals surface area (Å²) in [5.41, 5.74) is 0.466. The Morgan fingerprint density at radius 3 is 2.69 bits per heavy atom. The largest absolute Gasteiger partial charge is 0.495 e. The molecule has 1 aliphatic rings. The lowest BCUT2D eigenvalue weighted by molar-refractivity contribution is -0.144. The number of halogens is 1. The first-order valence-electron chi connectivity index (χ1n) is 8.54. The van der Waals surface area contributed by atoms with Gasteiger partial charge in [0.1, 0.15) is 5.75 Å². The van der Waals surface area contributed by atoms with Crippen molar-refractivity contribution < 1.29 is 24.2 Å². The first-order valence-corrected chi connectivity index (χ1v) is 8.92. The van der Waals surface area contributed by atoms with Crippen LogP contribution < -0.4 is 15.4 Å². The molecule has 26 heavy (non-hydrogen) atoms. The van der Waals surface area contributed by atoms with E-state index >= 15 is 0 Å². The highest BCUT2D eigenvalue weighted by Gasteiger charge is 2.30. The van der Waals surface area contributed by atoms with Crippen molar-refractivity contribution in [3.05, 3.63) is 23.2 Å². The number of anilines is 1. The number of hydrogen-bond donors (Lipinski definition) is 3. The maximum absolute atomic E-state index is 12.2. The first kappa shape index (κ1) is 20.0. The number of carbonyl (C=O) groups excluding carboxylic acids is 2. The summed E-state index contributed by atoms with van der Waals surface area (Å²) in [7, 11) is 1.49. The average molecular weight is 383 g/mol. The lowest BCUT2D eigenvalue weighted by atomic mass is 9.81. The van der Waals surface area contributed by atoms with Crippen molar-refractivity contribution in [1.29, 1.82) is 0 Å². The number of carbonyl (C=O) groups is 3. The first-order chi connectivity index (χ1) is 12.4. The maximum Gasteiger partial charge on any atom is 0.306 e. The molecular formula is C18H23ClN2O5. The van der Waals surface area contributed by atoms with Crippen molar-refractivity contribution >= 4 is 35.1 Å². The number of benzene rings is 1. The van der Waals surface area contributed by atoms with E-state index in [9.17, 15) is 14.4 Å². The van der Waals surface area contributed by atoms with Crippen molar-refractivity contribution in [3.8, 4) is 5.75 Å². The Balaban J connectivity index is 1.78. The monoisotopic (exact) mass is 382 g/mol. The summed E-state index contributed by atoms with van der Waals surface area (Å²) in [6, 6.07) is 4.90. The van der Waals surface area contributed by atoms with Gasteiger partial charge in [-0.3, -0.25) is 14.4 Å². The van der Waals surface area contributed by atoms with Crippen LogP contribution >= 0.6 is 11.6 Å². The van der Waals surface area contributed by atoms with Crippen LogP contribution in [0.15, 0.2) is 18.2 Å². The SMILES string of the molecule is COc1ccc(Cl)cc1NC(=O)CCNC(=O)C1CCCC(C(=O)O)C1. The summed E-state index contributed by atoms with van der Waals surface area (Å²) in [6.07, 6.45) is 2.47. The minimum atomic E-state index is -0.850. The average Bonchev–Trinajstić information content (AvgIpc) is 2.62. The second-order valence-corrected chi connectivity index (χ2v) is 6.77. The molecule has 2 atom stereocenters. The smallest absolute Gasteiger partial charge is 0.306 e. The number of hydrogen-bond acceptors (Lipinski definition) is 4. The van der Waals surface area contributed by atoms with E-state index in [4.69, 9.17) is 21.4 Å². The Kier molecular flexibility index (Phi) is 7.26. The molecule has 0 saturated heterocycles. The number of methoxy groups -OCH3 is 1. The Morgan fingerprint density at radius 1 is 1.27 bits per heavy atom. The fraction of sp³-hybridized carbons (Fsp3) is 0.500. The number of amides is 2. The third-order valence-electron chi connectivity index (χ3n) is 4.48. The predicted octanol–water partition coefficient (Wildman–Crippen LogP) is 2.68. The van der Waals surface area contributed by atoms with Gasteiger partial charge in [-0.05, 0) is 37.5 Å². The van der Waals surface area contributed by atoms with Crippen LogP contribution in [0.2, 0.25) is 5.02 Å². The Labute approximate surface area is 157 Å². The summed E-state index contributed by atoms with van der Waals surface area (Å²) in [5.74, 6) is -1.59. The van der Waals surface area contributed by atoms with E-state index in [1.807, 2.05) is 0 Å². The molecule has 1 fully saturated rings. The molecule has 8 heteroatoms. The molecule has 142 valence electrons. The van der Waals surface area contributed by atoms with Gasteiger partial charge in [0.25, 0.3) is 0 Å². The van der Waals surface area contributed by atoms with Crippen molar-refractivity contribution in [2.45, 2.75) is 32.1 Å². The summed E-state index contributed by atoms with van der Waals surface area (Å²) < 4.78 is 5.16. The van der Waals surface area contributed by atoms with E-state index in [0.717, 1.165) is 6.42 Å². The van der Waals surface area contributed by atoms with Gasteiger partial charge in [0.05, 0.1) is 18.7 Å². The molecule has 2 amide bonds. The minimum absolute atomic E-state index is 0.0937. The van der Waals surface area contributed by atoms with Crippen molar-refractivity contribution in [2.24, 2.45) is 11.8 Å². The van der Waals surface area contributed by atoms with Gasteiger partial charge >= 0.3 is 5.97 Å². The van der Waals surface area contributed by atoms with E-state index in [2.05, 4.69) is 10.6 Å². The molecule has 0 spiro atoms. The van der Waals surface area contributed by atoms with Crippen LogP contribution in [0.5, 0.6) is 5.75 Å². The standard InChI is InChI=1S/C18H23ClN2O5/c1-26-15-6-5-13(19)10-14(15)21-16(22)7-8-20-17(23)11-3-2-4-12(9-11)18(24)25/h5-6,10-12H,2-4,7-9H2,1H3,(H,20,23)(H,21,22)(H,24,25). The number of carboxylic acid groups (broad SMARTS) is 1. The zero-order valence-electron chi connectivity index (χ0n) is 14.6. The van der Waals surface area contributed by atoms with Gasteiger partial charge in [0.15, 0.2) is 0 Å². The summed E-state index contributed by atoms with van der Waals surface area (Å²) in [5, 5.41) is 15.0. The van der Waals surface area contributed by atoms with Crippen LogP contribution in [0, 0.1) is 11.8 Å². The van der Waals surface area contributed by atoms with Crippen molar-refractivity contribution in [3.63, 3.8) is 0 Å². The van der Waals surface area contributed by atoms with Gasteiger partial charge in [0.2, 0.25) is 11.8 Å². The summed E-state index contributed by atoms with van der Waals surface area (Å²) in [6.45, 7) is 0.182. The molecule has 0 radical (unpaired) electrons. The van der Waals surface area contributed by atoms with Gasteiger partial charge in [-0.15, -0.1) is 0 Å². The van der Waals surface area contributed by atoms with Gasteiger partial charge in [-0.1, -0.05) is 18.0 Å². The van der Waals surface area contributed by atoms with Crippen LogP contribution in [0.4, 0.5) is 5.69 Å². The van der Waals surface area contributed by atoms with Crippen molar-refractivity contribution in [2.75, 3.05) is 19.0 Å². The van der Waals surface area contributed by atoms with Crippen molar-refractivity contribution in [1.82, 2.24) is 5.32 Å². The molecule has 2 rings (SSSR count). The molecule has 1 aromatic carbocycles. The molecular weight excluding hydrogens is 360 g/mol. The van der Waals surface area contributed by atoms with E-state index in [1.54, 1.807) is 18.2 Å². The lowest BCUT2D eigenvalue weighted by Crippen LogP contribution is -2.36. The Morgan fingerprint density at radius 2 is 2.00 bits per heavy atom. The van der Waals surface area contributed by atoms with Crippen LogP contribution in [0.3, 0.4) is 0 Å². The van der Waals surface area contributed by atoms with Crippen LogP contribution in [-0.4, -0.2) is 36.5 Å². The summed E-state index contributed by atoms with van der Waals surface area (Å²) >= 11 is 5.92. The Hall–Kier alpha value is -2.28. The highest BCUT2D eigenvalue weighted by atomic mass is 35.5. The molecule has 0 aromatic heterocycles. The van der Waals surface area contributed by atoms with Crippen LogP contribution in [0.1, 0.15) is 32.1 Å². The van der Waals surface area contributed by atoms with E-state index in [0.29, 0.717) is 35.7 Å². The molecule has 0 aliphatic heterocycles. The quantitative estimate of drug-likeness (QED) is 0.672. The minimum Gasteiger partial charge on any atom is -0.495 e. The van der Waals surface area contributed by atoms with Gasteiger partial charge < -0.3 is 20.5 Å². The number of ether oxygens (including phenoxy) is 1. The fourth-order valence-corrected chi connectivity index (χ4v) is 3.26. The molecule has 0 bridgehead atoms. The van der Waals surface area contributed by atoms with Gasteiger partial charge in [-0.25, -0.2) is 0 Å². The normalized spacial score (nSPS) is 19.5. The fourth-order valence-electron chi connectivity index (χ4n) is 3.09. The Bertz CT molecular complexity index is 680. The van der Waals surface area contributed by atoms with E-state index in [1.165, 1.54) is 7.11 Å². The predicted molar refractivity (Wildman–Crippen MR) is 97.3 cm³/mol. The third-order valence-corrected chi connectivity index (χ3v) is 4.72. The second kappa shape index (κ2) is 9.43. The molecule has 1 saturated carbocycles. The van der Waals surface area contributed by atoms with Gasteiger partial charge in [0, 0.05) is 23.9 Å². The molecule has 7 nitrogen and oxygen atoms in total. The molecule has 1 aliphatic carbocycles. The van der Waals surface area contributed by atoms with Crippen LogP contribution in [-0.2, 0) is 14.4 Å². The summed E-state index contributed by atoms with van der Waals surface area (Å²) in [4.78, 5) is 35.3. The maximum atomic E-state index is 12.2.